The molecule has 3 nitrogen and oxygen atoms in total. The van der Waals surface area contributed by atoms with Crippen molar-refractivity contribution in [2.75, 3.05) is 6.54 Å². The van der Waals surface area contributed by atoms with Gasteiger partial charge in [-0.15, -0.1) is 0 Å². The highest BCUT2D eigenvalue weighted by Gasteiger charge is 2.03. The molecular weight excluding hydrogens is 202 g/mol. The predicted octanol–water partition coefficient (Wildman–Crippen LogP) is 1.63. The fourth-order valence-corrected chi connectivity index (χ4v) is 1.39. The van der Waals surface area contributed by atoms with E-state index in [1.165, 1.54) is 18.1 Å². The highest BCUT2D eigenvalue weighted by Crippen LogP contribution is 2.03. The van der Waals surface area contributed by atoms with E-state index in [0.717, 1.165) is 6.42 Å². The number of aryl methyl sites for hydroxylation is 1. The lowest BCUT2D eigenvalue weighted by Gasteiger charge is -2.04. The molecule has 0 heterocycles. The Kier molecular flexibility index (Phi) is 4.70. The van der Waals surface area contributed by atoms with Gasteiger partial charge in [-0.2, -0.15) is 0 Å². The van der Waals surface area contributed by atoms with Gasteiger partial charge in [0.25, 0.3) is 0 Å². The van der Waals surface area contributed by atoms with Crippen molar-refractivity contribution in [2.45, 2.75) is 26.7 Å². The highest BCUT2D eigenvalue weighted by molar-refractivity contribution is 5.96. The van der Waals surface area contributed by atoms with Crippen LogP contribution in [-0.4, -0.2) is 18.2 Å². The molecule has 0 spiro atoms. The number of hydrogen-bond acceptors (Lipinski definition) is 2. The topological polar surface area (TPSA) is 46.2 Å². The number of amides is 1. The molecule has 0 aromatic heterocycles. The summed E-state index contributed by atoms with van der Waals surface area (Å²) in [5.41, 5.74) is 2.41. The van der Waals surface area contributed by atoms with E-state index in [2.05, 4.69) is 5.32 Å². The van der Waals surface area contributed by atoms with E-state index in [0.29, 0.717) is 6.54 Å². The third kappa shape index (κ3) is 4.73. The largest absolute Gasteiger partial charge is 0.355 e. The zero-order chi connectivity index (χ0) is 12.0. The Hall–Kier alpha value is -1.64. The van der Waals surface area contributed by atoms with Crippen molar-refractivity contribution in [1.29, 1.82) is 0 Å². The normalized spacial score (nSPS) is 9.88. The molecule has 0 atom stereocenters. The summed E-state index contributed by atoms with van der Waals surface area (Å²) >= 11 is 0. The van der Waals surface area contributed by atoms with E-state index in [4.69, 9.17) is 0 Å². The molecule has 0 radical (unpaired) electrons. The molecule has 1 aromatic rings. The Morgan fingerprint density at radius 1 is 1.19 bits per heavy atom. The first-order valence-corrected chi connectivity index (χ1v) is 5.39. The molecule has 0 bridgehead atoms. The lowest BCUT2D eigenvalue weighted by Crippen LogP contribution is -2.27. The van der Waals surface area contributed by atoms with Crippen molar-refractivity contribution in [1.82, 2.24) is 5.32 Å². The molecule has 1 aromatic carbocycles. The smallest absolute Gasteiger partial charge is 0.227 e. The SMILES string of the molecule is CC(=O)CC(=O)NCCc1ccc(C)cc1. The average Bonchev–Trinajstić information content (AvgIpc) is 2.20. The van der Waals surface area contributed by atoms with Crippen LogP contribution in [0.5, 0.6) is 0 Å². The Morgan fingerprint density at radius 2 is 1.81 bits per heavy atom. The summed E-state index contributed by atoms with van der Waals surface area (Å²) in [6, 6.07) is 8.19. The van der Waals surface area contributed by atoms with Crippen molar-refractivity contribution in [2.24, 2.45) is 0 Å². The second-order valence-electron chi connectivity index (χ2n) is 3.96. The Balaban J connectivity index is 2.28. The summed E-state index contributed by atoms with van der Waals surface area (Å²) < 4.78 is 0. The lowest BCUT2D eigenvalue weighted by molar-refractivity contribution is -0.127. The van der Waals surface area contributed by atoms with Gasteiger partial charge in [-0.1, -0.05) is 29.8 Å². The van der Waals surface area contributed by atoms with E-state index in [-0.39, 0.29) is 18.1 Å². The van der Waals surface area contributed by atoms with Crippen molar-refractivity contribution in [3.63, 3.8) is 0 Å². The maximum atomic E-state index is 11.2. The minimum absolute atomic E-state index is 0.0199. The maximum Gasteiger partial charge on any atom is 0.227 e. The minimum Gasteiger partial charge on any atom is -0.355 e. The molecule has 0 saturated heterocycles. The fourth-order valence-electron chi connectivity index (χ4n) is 1.39. The van der Waals surface area contributed by atoms with Crippen LogP contribution in [0.15, 0.2) is 24.3 Å². The van der Waals surface area contributed by atoms with Gasteiger partial charge in [-0.05, 0) is 25.8 Å². The molecule has 0 saturated carbocycles. The van der Waals surface area contributed by atoms with E-state index in [1.54, 1.807) is 0 Å². The van der Waals surface area contributed by atoms with Crippen molar-refractivity contribution < 1.29 is 9.59 Å². The van der Waals surface area contributed by atoms with Crippen LogP contribution >= 0.6 is 0 Å². The summed E-state index contributed by atoms with van der Waals surface area (Å²) in [5.74, 6) is -0.299. The highest BCUT2D eigenvalue weighted by atomic mass is 16.2. The molecule has 16 heavy (non-hydrogen) atoms. The van der Waals surface area contributed by atoms with Crippen LogP contribution in [0, 0.1) is 6.92 Å². The molecule has 0 aliphatic heterocycles. The van der Waals surface area contributed by atoms with Gasteiger partial charge in [0, 0.05) is 6.54 Å². The summed E-state index contributed by atoms with van der Waals surface area (Å²) in [6.07, 6.45) is 0.776. The number of rotatable bonds is 5. The van der Waals surface area contributed by atoms with E-state index < -0.39 is 0 Å². The third-order valence-corrected chi connectivity index (χ3v) is 2.27. The molecule has 86 valence electrons. The molecule has 0 aliphatic rings. The van der Waals surface area contributed by atoms with Crippen molar-refractivity contribution in [3.05, 3.63) is 35.4 Å². The Morgan fingerprint density at radius 3 is 2.38 bits per heavy atom. The molecule has 1 rings (SSSR count). The molecular formula is C13H17NO2. The monoisotopic (exact) mass is 219 g/mol. The zero-order valence-corrected chi connectivity index (χ0v) is 9.75. The summed E-state index contributed by atoms with van der Waals surface area (Å²) in [5, 5.41) is 2.72. The number of ketones is 1. The van der Waals surface area contributed by atoms with Gasteiger partial charge in [0.15, 0.2) is 0 Å². The van der Waals surface area contributed by atoms with E-state index in [9.17, 15) is 9.59 Å². The second-order valence-corrected chi connectivity index (χ2v) is 3.96. The average molecular weight is 219 g/mol. The molecule has 3 heteroatoms. The van der Waals surface area contributed by atoms with Gasteiger partial charge in [-0.25, -0.2) is 0 Å². The van der Waals surface area contributed by atoms with Crippen LogP contribution in [0.4, 0.5) is 0 Å². The summed E-state index contributed by atoms with van der Waals surface area (Å²) in [6.45, 7) is 4.03. The maximum absolute atomic E-state index is 11.2. The first-order valence-electron chi connectivity index (χ1n) is 5.39. The molecule has 0 fully saturated rings. The van der Waals surface area contributed by atoms with E-state index >= 15 is 0 Å². The van der Waals surface area contributed by atoms with Crippen LogP contribution in [0.25, 0.3) is 0 Å². The lowest BCUT2D eigenvalue weighted by atomic mass is 10.1. The standard InChI is InChI=1S/C13H17NO2/c1-10-3-5-12(6-4-10)7-8-14-13(16)9-11(2)15/h3-6H,7-9H2,1-2H3,(H,14,16). The van der Waals surface area contributed by atoms with Gasteiger partial charge in [0.1, 0.15) is 5.78 Å². The second kappa shape index (κ2) is 6.05. The molecule has 1 N–H and O–H groups in total. The number of carbonyl (C=O) groups is 2. The summed E-state index contributed by atoms with van der Waals surface area (Å²) in [7, 11) is 0. The zero-order valence-electron chi connectivity index (χ0n) is 9.75. The van der Waals surface area contributed by atoms with Crippen LogP contribution in [0.1, 0.15) is 24.5 Å². The predicted molar refractivity (Wildman–Crippen MR) is 63.2 cm³/mol. The summed E-state index contributed by atoms with van der Waals surface area (Å²) in [4.78, 5) is 21.8. The van der Waals surface area contributed by atoms with Crippen molar-refractivity contribution in [3.8, 4) is 0 Å². The van der Waals surface area contributed by atoms with Gasteiger partial charge < -0.3 is 5.32 Å². The van der Waals surface area contributed by atoms with Gasteiger partial charge >= 0.3 is 0 Å². The molecule has 0 unspecified atom stereocenters. The van der Waals surface area contributed by atoms with Crippen LogP contribution in [-0.2, 0) is 16.0 Å². The third-order valence-electron chi connectivity index (χ3n) is 2.27. The molecule has 0 aliphatic carbocycles. The van der Waals surface area contributed by atoms with Crippen LogP contribution in [0.3, 0.4) is 0 Å². The quantitative estimate of drug-likeness (QED) is 0.765. The van der Waals surface area contributed by atoms with Gasteiger partial charge in [0.05, 0.1) is 6.42 Å². The number of Topliss-reactive ketones (excluding diaryl/α,β-unsaturated/α-hetero) is 1. The van der Waals surface area contributed by atoms with Gasteiger partial charge in [-0.3, -0.25) is 9.59 Å². The van der Waals surface area contributed by atoms with Crippen LogP contribution < -0.4 is 5.32 Å². The molecule has 1 amide bonds. The van der Waals surface area contributed by atoms with E-state index in [1.807, 2.05) is 31.2 Å². The number of nitrogens with one attached hydrogen (secondary N) is 1. The first-order chi connectivity index (χ1) is 7.58. The number of carbonyl (C=O) groups excluding carboxylic acids is 2. The number of benzene rings is 1. The first kappa shape index (κ1) is 12.4. The van der Waals surface area contributed by atoms with Crippen LogP contribution in [0.2, 0.25) is 0 Å². The fraction of sp³-hybridized carbons (Fsp3) is 0.385. The Labute approximate surface area is 95.9 Å². The number of hydrogen-bond donors (Lipinski definition) is 1. The van der Waals surface area contributed by atoms with Gasteiger partial charge in [0.2, 0.25) is 5.91 Å². The Bertz CT molecular complexity index is 368. The van der Waals surface area contributed by atoms with Crippen molar-refractivity contribution >= 4 is 11.7 Å². The minimum atomic E-state index is -0.195.